The van der Waals surface area contributed by atoms with E-state index in [1.807, 2.05) is 42.4 Å². The van der Waals surface area contributed by atoms with Crippen molar-refractivity contribution in [2.24, 2.45) is 0 Å². The van der Waals surface area contributed by atoms with Crippen molar-refractivity contribution in [3.05, 3.63) is 59.4 Å². The average molecular weight is 307 g/mol. The predicted molar refractivity (Wildman–Crippen MR) is 87.4 cm³/mol. The molecule has 0 spiro atoms. The number of nitrogens with one attached hydrogen (secondary N) is 1. The zero-order valence-corrected chi connectivity index (χ0v) is 13.1. The Balaban J connectivity index is 1.99. The Morgan fingerprint density at radius 1 is 1.25 bits per heavy atom. The summed E-state index contributed by atoms with van der Waals surface area (Å²) in [6.07, 6.45) is 4.88. The number of rotatable bonds is 7. The van der Waals surface area contributed by atoms with Gasteiger partial charge in [0.2, 0.25) is 0 Å². The van der Waals surface area contributed by atoms with Gasteiger partial charge in [0, 0.05) is 34.1 Å². The van der Waals surface area contributed by atoms with Crippen molar-refractivity contribution in [2.45, 2.75) is 24.3 Å². The van der Waals surface area contributed by atoms with E-state index in [0.717, 1.165) is 23.7 Å². The quantitative estimate of drug-likeness (QED) is 0.759. The van der Waals surface area contributed by atoms with Crippen LogP contribution in [0.2, 0.25) is 5.02 Å². The van der Waals surface area contributed by atoms with E-state index in [4.69, 9.17) is 11.6 Å². The van der Waals surface area contributed by atoms with Gasteiger partial charge < -0.3 is 5.32 Å². The van der Waals surface area contributed by atoms with Crippen molar-refractivity contribution in [1.29, 1.82) is 0 Å². The van der Waals surface area contributed by atoms with Gasteiger partial charge in [0.15, 0.2) is 0 Å². The summed E-state index contributed by atoms with van der Waals surface area (Å²) in [7, 11) is 0. The van der Waals surface area contributed by atoms with E-state index in [2.05, 4.69) is 35.4 Å². The van der Waals surface area contributed by atoms with Gasteiger partial charge in [-0.2, -0.15) is 0 Å². The highest BCUT2D eigenvalue weighted by Crippen LogP contribution is 2.25. The number of thioether (sulfide) groups is 1. The van der Waals surface area contributed by atoms with Crippen molar-refractivity contribution in [3.8, 4) is 0 Å². The molecule has 0 saturated heterocycles. The molecule has 1 aromatic carbocycles. The van der Waals surface area contributed by atoms with Crippen LogP contribution in [0.5, 0.6) is 0 Å². The highest BCUT2D eigenvalue weighted by Gasteiger charge is 2.11. The fourth-order valence-corrected chi connectivity index (χ4v) is 3.01. The van der Waals surface area contributed by atoms with E-state index in [9.17, 15) is 0 Å². The van der Waals surface area contributed by atoms with Crippen LogP contribution in [-0.4, -0.2) is 17.3 Å². The van der Waals surface area contributed by atoms with Gasteiger partial charge in [-0.1, -0.05) is 24.6 Å². The van der Waals surface area contributed by atoms with Crippen molar-refractivity contribution >= 4 is 23.4 Å². The molecule has 0 aliphatic carbocycles. The standard InChI is InChI=1S/C16H19ClN2S/c1-2-9-19-16(13-4-3-10-18-11-13)12-20-15-7-5-14(17)6-8-15/h3-8,10-11,16,19H,2,9,12H2,1H3. The Morgan fingerprint density at radius 2 is 2.05 bits per heavy atom. The summed E-state index contributed by atoms with van der Waals surface area (Å²) in [6, 6.07) is 12.4. The van der Waals surface area contributed by atoms with Gasteiger partial charge in [0.1, 0.15) is 0 Å². The number of benzene rings is 1. The topological polar surface area (TPSA) is 24.9 Å². The second-order valence-corrected chi connectivity index (χ2v) is 6.09. The first kappa shape index (κ1) is 15.4. The molecule has 0 amide bonds. The van der Waals surface area contributed by atoms with E-state index in [-0.39, 0.29) is 0 Å². The van der Waals surface area contributed by atoms with Crippen LogP contribution >= 0.6 is 23.4 Å². The third kappa shape index (κ3) is 4.82. The average Bonchev–Trinajstić information content (AvgIpc) is 2.50. The largest absolute Gasteiger partial charge is 0.309 e. The molecule has 0 bridgehead atoms. The summed E-state index contributed by atoms with van der Waals surface area (Å²) >= 11 is 7.74. The highest BCUT2D eigenvalue weighted by atomic mass is 35.5. The number of nitrogens with zero attached hydrogens (tertiary/aromatic N) is 1. The van der Waals surface area contributed by atoms with Gasteiger partial charge in [0.05, 0.1) is 0 Å². The second-order valence-electron chi connectivity index (χ2n) is 4.56. The highest BCUT2D eigenvalue weighted by molar-refractivity contribution is 7.99. The molecule has 0 saturated carbocycles. The van der Waals surface area contributed by atoms with Crippen LogP contribution in [0.1, 0.15) is 24.9 Å². The maximum Gasteiger partial charge on any atom is 0.0430 e. The smallest absolute Gasteiger partial charge is 0.0430 e. The summed E-state index contributed by atoms with van der Waals surface area (Å²) in [5.41, 5.74) is 1.24. The molecule has 1 aromatic heterocycles. The minimum absolute atomic E-state index is 0.323. The maximum atomic E-state index is 5.91. The normalized spacial score (nSPS) is 12.3. The minimum Gasteiger partial charge on any atom is -0.309 e. The summed E-state index contributed by atoms with van der Waals surface area (Å²) in [5.74, 6) is 0.979. The SMILES string of the molecule is CCCNC(CSc1ccc(Cl)cc1)c1cccnc1. The Kier molecular flexibility index (Phi) is 6.37. The third-order valence-corrected chi connectivity index (χ3v) is 4.32. The van der Waals surface area contributed by atoms with Crippen LogP contribution in [0.3, 0.4) is 0 Å². The predicted octanol–water partition coefficient (Wildman–Crippen LogP) is 4.57. The van der Waals surface area contributed by atoms with Crippen LogP contribution in [0.4, 0.5) is 0 Å². The third-order valence-electron chi connectivity index (χ3n) is 2.96. The van der Waals surface area contributed by atoms with Crippen LogP contribution in [0, 0.1) is 0 Å². The van der Waals surface area contributed by atoms with E-state index >= 15 is 0 Å². The Morgan fingerprint density at radius 3 is 2.70 bits per heavy atom. The zero-order chi connectivity index (χ0) is 14.2. The molecule has 2 rings (SSSR count). The molecule has 0 radical (unpaired) electrons. The lowest BCUT2D eigenvalue weighted by molar-refractivity contribution is 0.576. The summed E-state index contributed by atoms with van der Waals surface area (Å²) in [6.45, 7) is 3.19. The van der Waals surface area contributed by atoms with E-state index in [1.165, 1.54) is 10.5 Å². The first-order valence-electron chi connectivity index (χ1n) is 6.81. The summed E-state index contributed by atoms with van der Waals surface area (Å²) in [5, 5.41) is 4.36. The van der Waals surface area contributed by atoms with Crippen molar-refractivity contribution in [1.82, 2.24) is 10.3 Å². The molecule has 2 nitrogen and oxygen atoms in total. The lowest BCUT2D eigenvalue weighted by Crippen LogP contribution is -2.24. The van der Waals surface area contributed by atoms with Crippen LogP contribution in [-0.2, 0) is 0 Å². The van der Waals surface area contributed by atoms with Crippen molar-refractivity contribution in [3.63, 3.8) is 0 Å². The number of aromatic nitrogens is 1. The van der Waals surface area contributed by atoms with Crippen LogP contribution < -0.4 is 5.32 Å². The molecule has 106 valence electrons. The first-order chi connectivity index (χ1) is 9.79. The first-order valence-corrected chi connectivity index (χ1v) is 8.17. The summed E-state index contributed by atoms with van der Waals surface area (Å²) < 4.78 is 0. The fourth-order valence-electron chi connectivity index (χ4n) is 1.88. The molecule has 20 heavy (non-hydrogen) atoms. The van der Waals surface area contributed by atoms with Crippen molar-refractivity contribution in [2.75, 3.05) is 12.3 Å². The van der Waals surface area contributed by atoms with Crippen LogP contribution in [0.15, 0.2) is 53.7 Å². The molecule has 0 aliphatic heterocycles. The molecule has 1 unspecified atom stereocenters. The molecule has 0 fully saturated rings. The second kappa shape index (κ2) is 8.30. The van der Waals surface area contributed by atoms with Gasteiger partial charge in [0.25, 0.3) is 0 Å². The number of hydrogen-bond acceptors (Lipinski definition) is 3. The fraction of sp³-hybridized carbons (Fsp3) is 0.312. The lowest BCUT2D eigenvalue weighted by atomic mass is 10.1. The number of pyridine rings is 1. The molecule has 0 aliphatic rings. The van der Waals surface area contributed by atoms with Crippen molar-refractivity contribution < 1.29 is 0 Å². The Hall–Kier alpha value is -1.03. The molecule has 4 heteroatoms. The number of halogens is 1. The van der Waals surface area contributed by atoms with Gasteiger partial charge in [-0.15, -0.1) is 11.8 Å². The van der Waals surface area contributed by atoms with Gasteiger partial charge in [-0.3, -0.25) is 4.98 Å². The molecular formula is C16H19ClN2S. The molecule has 1 atom stereocenters. The van der Waals surface area contributed by atoms with E-state index in [1.54, 1.807) is 0 Å². The number of hydrogen-bond donors (Lipinski definition) is 1. The molecule has 1 heterocycles. The van der Waals surface area contributed by atoms with Crippen LogP contribution in [0.25, 0.3) is 0 Å². The molecule has 1 N–H and O–H groups in total. The van der Waals surface area contributed by atoms with Gasteiger partial charge >= 0.3 is 0 Å². The molecular weight excluding hydrogens is 288 g/mol. The lowest BCUT2D eigenvalue weighted by Gasteiger charge is -2.18. The monoisotopic (exact) mass is 306 g/mol. The Bertz CT molecular complexity index is 502. The molecule has 2 aromatic rings. The Labute approximate surface area is 130 Å². The summed E-state index contributed by atoms with van der Waals surface area (Å²) in [4.78, 5) is 5.45. The van der Waals surface area contributed by atoms with E-state index < -0.39 is 0 Å². The van der Waals surface area contributed by atoms with Gasteiger partial charge in [-0.05, 0) is 48.9 Å². The van der Waals surface area contributed by atoms with E-state index in [0.29, 0.717) is 6.04 Å². The maximum absolute atomic E-state index is 5.91. The van der Waals surface area contributed by atoms with Gasteiger partial charge in [-0.25, -0.2) is 0 Å². The minimum atomic E-state index is 0.323. The zero-order valence-electron chi connectivity index (χ0n) is 11.6.